The van der Waals surface area contributed by atoms with Crippen LogP contribution in [0.25, 0.3) is 0 Å². The molecule has 1 aliphatic rings. The van der Waals surface area contributed by atoms with Gasteiger partial charge in [0.15, 0.2) is 0 Å². The van der Waals surface area contributed by atoms with Crippen LogP contribution in [0.4, 0.5) is 5.95 Å². The Morgan fingerprint density at radius 2 is 2.12 bits per heavy atom. The Hall–Kier alpha value is -2.06. The van der Waals surface area contributed by atoms with Crippen molar-refractivity contribution < 1.29 is 9.53 Å². The van der Waals surface area contributed by atoms with Crippen molar-refractivity contribution in [2.75, 3.05) is 38.2 Å². The predicted molar refractivity (Wildman–Crippen MR) is 101 cm³/mol. The Morgan fingerprint density at radius 1 is 1.35 bits per heavy atom. The standard InChI is InChI=1S/C16H21ClN6O2.ClH/c1-25-14-5-6-18-16(20-14)23-9-7-22(8-10-23)15(24)4-2-3-13-12(17)11-19-21-13;/h5-6,11H,2-4,7-10H2,1H3,(H,19,21);1H. The Kier molecular flexibility index (Phi) is 7.47. The number of hydrogen-bond acceptors (Lipinski definition) is 6. The van der Waals surface area contributed by atoms with Gasteiger partial charge in [0.1, 0.15) is 0 Å². The molecule has 3 heterocycles. The smallest absolute Gasteiger partial charge is 0.228 e. The van der Waals surface area contributed by atoms with E-state index in [1.807, 2.05) is 4.90 Å². The number of nitrogens with one attached hydrogen (secondary N) is 1. The van der Waals surface area contributed by atoms with Gasteiger partial charge in [0, 0.05) is 51.1 Å². The monoisotopic (exact) mass is 400 g/mol. The number of rotatable bonds is 6. The number of hydrogen-bond donors (Lipinski definition) is 1. The molecule has 1 aliphatic heterocycles. The van der Waals surface area contributed by atoms with Gasteiger partial charge in [-0.2, -0.15) is 10.1 Å². The highest BCUT2D eigenvalue weighted by Crippen LogP contribution is 2.17. The summed E-state index contributed by atoms with van der Waals surface area (Å²) in [4.78, 5) is 24.9. The van der Waals surface area contributed by atoms with E-state index in [0.29, 0.717) is 55.9 Å². The largest absolute Gasteiger partial charge is 0.481 e. The molecule has 8 nitrogen and oxygen atoms in total. The first-order valence-electron chi connectivity index (χ1n) is 8.25. The van der Waals surface area contributed by atoms with Gasteiger partial charge in [-0.3, -0.25) is 9.89 Å². The number of aryl methyl sites for hydroxylation is 1. The molecule has 1 saturated heterocycles. The molecule has 2 aromatic rings. The van der Waals surface area contributed by atoms with E-state index in [4.69, 9.17) is 16.3 Å². The van der Waals surface area contributed by atoms with Gasteiger partial charge in [-0.05, 0) is 12.8 Å². The van der Waals surface area contributed by atoms with Crippen molar-refractivity contribution in [3.8, 4) is 5.88 Å². The van der Waals surface area contributed by atoms with Gasteiger partial charge >= 0.3 is 0 Å². The van der Waals surface area contributed by atoms with Crippen LogP contribution in [0.2, 0.25) is 5.02 Å². The number of piperazine rings is 1. The van der Waals surface area contributed by atoms with Crippen molar-refractivity contribution in [1.82, 2.24) is 25.1 Å². The topological polar surface area (TPSA) is 87.2 Å². The molecule has 142 valence electrons. The molecule has 26 heavy (non-hydrogen) atoms. The van der Waals surface area contributed by atoms with Crippen LogP contribution < -0.4 is 9.64 Å². The molecule has 1 amide bonds. The summed E-state index contributed by atoms with van der Waals surface area (Å²) in [6.45, 7) is 2.76. The second kappa shape index (κ2) is 9.59. The van der Waals surface area contributed by atoms with Crippen LogP contribution in [0.3, 0.4) is 0 Å². The summed E-state index contributed by atoms with van der Waals surface area (Å²) in [7, 11) is 1.58. The van der Waals surface area contributed by atoms with Gasteiger partial charge in [-0.1, -0.05) is 11.6 Å². The van der Waals surface area contributed by atoms with Gasteiger partial charge in [-0.15, -0.1) is 12.4 Å². The third kappa shape index (κ3) is 4.98. The van der Waals surface area contributed by atoms with Crippen molar-refractivity contribution >= 4 is 35.9 Å². The number of ether oxygens (including phenoxy) is 1. The molecule has 3 rings (SSSR count). The first-order valence-corrected chi connectivity index (χ1v) is 8.63. The third-order valence-electron chi connectivity index (χ3n) is 4.21. The third-order valence-corrected chi connectivity index (χ3v) is 4.54. The highest BCUT2D eigenvalue weighted by Gasteiger charge is 2.22. The lowest BCUT2D eigenvalue weighted by atomic mass is 10.1. The van der Waals surface area contributed by atoms with Crippen LogP contribution in [0.5, 0.6) is 5.88 Å². The van der Waals surface area contributed by atoms with Gasteiger partial charge in [0.2, 0.25) is 17.7 Å². The lowest BCUT2D eigenvalue weighted by Gasteiger charge is -2.34. The van der Waals surface area contributed by atoms with Crippen molar-refractivity contribution in [3.63, 3.8) is 0 Å². The average molecular weight is 401 g/mol. The van der Waals surface area contributed by atoms with Gasteiger partial charge in [-0.25, -0.2) is 4.98 Å². The van der Waals surface area contributed by atoms with E-state index < -0.39 is 0 Å². The summed E-state index contributed by atoms with van der Waals surface area (Å²) in [5.41, 5.74) is 0.814. The lowest BCUT2D eigenvalue weighted by Crippen LogP contribution is -2.49. The van der Waals surface area contributed by atoms with E-state index in [0.717, 1.165) is 12.1 Å². The van der Waals surface area contributed by atoms with Crippen LogP contribution in [0, 0.1) is 0 Å². The fourth-order valence-corrected chi connectivity index (χ4v) is 2.98. The number of methoxy groups -OCH3 is 1. The van der Waals surface area contributed by atoms with Crippen LogP contribution in [0.1, 0.15) is 18.5 Å². The molecule has 0 atom stereocenters. The molecule has 0 spiro atoms. The van der Waals surface area contributed by atoms with E-state index in [-0.39, 0.29) is 18.3 Å². The molecule has 1 N–H and O–H groups in total. The highest BCUT2D eigenvalue weighted by atomic mass is 35.5. The fourth-order valence-electron chi connectivity index (χ4n) is 2.80. The molecule has 0 bridgehead atoms. The maximum atomic E-state index is 12.4. The molecule has 0 aliphatic carbocycles. The lowest BCUT2D eigenvalue weighted by molar-refractivity contribution is -0.131. The summed E-state index contributed by atoms with van der Waals surface area (Å²) in [6, 6.07) is 1.72. The number of H-pyrrole nitrogens is 1. The molecular weight excluding hydrogens is 379 g/mol. The summed E-state index contributed by atoms with van der Waals surface area (Å²) in [5, 5.41) is 7.42. The minimum absolute atomic E-state index is 0. The van der Waals surface area contributed by atoms with Crippen LogP contribution >= 0.6 is 24.0 Å². The van der Waals surface area contributed by atoms with Crippen molar-refractivity contribution in [1.29, 1.82) is 0 Å². The van der Waals surface area contributed by atoms with Crippen LogP contribution in [-0.4, -0.2) is 64.3 Å². The average Bonchev–Trinajstić information content (AvgIpc) is 3.07. The highest BCUT2D eigenvalue weighted by molar-refractivity contribution is 6.31. The molecule has 0 radical (unpaired) electrons. The van der Waals surface area contributed by atoms with E-state index in [9.17, 15) is 4.79 Å². The van der Waals surface area contributed by atoms with Gasteiger partial charge in [0.05, 0.1) is 17.8 Å². The molecule has 0 unspecified atom stereocenters. The van der Waals surface area contributed by atoms with Gasteiger partial charge in [0.25, 0.3) is 0 Å². The maximum Gasteiger partial charge on any atom is 0.228 e. The first kappa shape index (κ1) is 20.3. The number of nitrogens with zero attached hydrogens (tertiary/aromatic N) is 5. The van der Waals surface area contributed by atoms with E-state index in [2.05, 4.69) is 25.1 Å². The van der Waals surface area contributed by atoms with Crippen molar-refractivity contribution in [2.45, 2.75) is 19.3 Å². The number of carbonyl (C=O) groups is 1. The Labute approximate surface area is 163 Å². The second-order valence-electron chi connectivity index (χ2n) is 5.80. The number of anilines is 1. The number of halogens is 2. The number of aromatic nitrogens is 4. The van der Waals surface area contributed by atoms with Crippen LogP contribution in [-0.2, 0) is 11.2 Å². The molecule has 0 saturated carbocycles. The second-order valence-corrected chi connectivity index (χ2v) is 6.21. The van der Waals surface area contributed by atoms with Gasteiger partial charge < -0.3 is 14.5 Å². The van der Waals surface area contributed by atoms with Crippen LogP contribution in [0.15, 0.2) is 18.5 Å². The van der Waals surface area contributed by atoms with E-state index >= 15 is 0 Å². The first-order chi connectivity index (χ1) is 12.2. The van der Waals surface area contributed by atoms with E-state index in [1.54, 1.807) is 25.6 Å². The quantitative estimate of drug-likeness (QED) is 0.796. The zero-order valence-corrected chi connectivity index (χ0v) is 16.1. The summed E-state index contributed by atoms with van der Waals surface area (Å²) >= 11 is 5.98. The molecule has 2 aromatic heterocycles. The Bertz CT molecular complexity index is 718. The summed E-state index contributed by atoms with van der Waals surface area (Å²) in [6.07, 6.45) is 5.27. The Morgan fingerprint density at radius 3 is 2.77 bits per heavy atom. The normalized spacial score (nSPS) is 14.1. The number of carbonyl (C=O) groups excluding carboxylic acids is 1. The summed E-state index contributed by atoms with van der Waals surface area (Å²) < 4.78 is 5.13. The number of amides is 1. The SMILES string of the molecule is COc1ccnc(N2CCN(C(=O)CCCc3n[nH]cc3Cl)CC2)n1.Cl. The zero-order chi connectivity index (χ0) is 17.6. The molecule has 1 fully saturated rings. The summed E-state index contributed by atoms with van der Waals surface area (Å²) in [5.74, 6) is 1.35. The van der Waals surface area contributed by atoms with E-state index in [1.165, 1.54) is 0 Å². The predicted octanol–water partition coefficient (Wildman–Crippen LogP) is 1.95. The van der Waals surface area contributed by atoms with Crippen molar-refractivity contribution in [3.05, 3.63) is 29.2 Å². The Balaban J connectivity index is 0.00000243. The molecule has 0 aromatic carbocycles. The number of aromatic amines is 1. The zero-order valence-electron chi connectivity index (χ0n) is 14.5. The van der Waals surface area contributed by atoms with Crippen molar-refractivity contribution in [2.24, 2.45) is 0 Å². The maximum absolute atomic E-state index is 12.4. The molecular formula is C16H22Cl2N6O2. The minimum atomic E-state index is 0. The molecule has 10 heteroatoms. The fraction of sp³-hybridized carbons (Fsp3) is 0.500. The minimum Gasteiger partial charge on any atom is -0.481 e.